The summed E-state index contributed by atoms with van der Waals surface area (Å²) < 4.78 is 18.6. The molecule has 2 aromatic rings. The van der Waals surface area contributed by atoms with Crippen molar-refractivity contribution in [2.24, 2.45) is 0 Å². The molecular weight excluding hydrogens is 697 g/mol. The van der Waals surface area contributed by atoms with Crippen LogP contribution in [0, 0.1) is 0 Å². The maximum Gasteiger partial charge on any atom is 0.123 e. The van der Waals surface area contributed by atoms with E-state index in [0.717, 1.165) is 83.2 Å². The summed E-state index contributed by atoms with van der Waals surface area (Å²) in [5, 5.41) is 2.62. The van der Waals surface area contributed by atoms with Crippen molar-refractivity contribution in [3.05, 3.63) is 53.6 Å². The molecule has 0 saturated carbocycles. The summed E-state index contributed by atoms with van der Waals surface area (Å²) in [6.45, 7) is 2.32. The van der Waals surface area contributed by atoms with Crippen molar-refractivity contribution in [2.45, 2.75) is 112 Å². The van der Waals surface area contributed by atoms with Gasteiger partial charge in [-0.25, -0.2) is 0 Å². The summed E-state index contributed by atoms with van der Waals surface area (Å²) in [6, 6.07) is 14.8. The lowest BCUT2D eigenvalue weighted by atomic mass is 10.1. The fraction of sp³-hybridized carbons (Fsp3) is 0.632. The first-order valence-electron chi connectivity index (χ1n) is 18.0. The van der Waals surface area contributed by atoms with Crippen molar-refractivity contribution in [1.82, 2.24) is 0 Å². The molecule has 3 fully saturated rings. The fourth-order valence-electron chi connectivity index (χ4n) is 5.94. The molecule has 3 nitrogen and oxygen atoms in total. The van der Waals surface area contributed by atoms with E-state index in [4.69, 9.17) is 14.2 Å². The Bertz CT molecular complexity index is 1100. The van der Waals surface area contributed by atoms with Crippen LogP contribution in [0.2, 0.25) is 0 Å². The zero-order valence-corrected chi connectivity index (χ0v) is 32.9. The molecule has 3 saturated heterocycles. The molecule has 0 amide bonds. The zero-order chi connectivity index (χ0) is 32.2. The lowest BCUT2D eigenvalue weighted by molar-refractivity contribution is 0.290. The summed E-state index contributed by atoms with van der Waals surface area (Å²) in [7, 11) is 12.4. The van der Waals surface area contributed by atoms with E-state index in [9.17, 15) is 0 Å². The fourth-order valence-corrected chi connectivity index (χ4v) is 15.0. The normalized spacial score (nSPS) is 21.1. The SMILES string of the molecule is C(=C\c1cc(OCCCCCC2CCSS2)cc(OCCCCCC2CCSS2)c1)/c1ccc(OCCCCCC2CCSS2)cc1. The molecule has 3 atom stereocenters. The Balaban J connectivity index is 1.05. The summed E-state index contributed by atoms with van der Waals surface area (Å²) >= 11 is 0. The topological polar surface area (TPSA) is 27.7 Å². The molecule has 5 rings (SSSR count). The van der Waals surface area contributed by atoms with E-state index in [0.29, 0.717) is 0 Å². The first-order chi connectivity index (χ1) is 23.3. The van der Waals surface area contributed by atoms with E-state index in [1.54, 1.807) is 0 Å². The van der Waals surface area contributed by atoms with Crippen LogP contribution in [0.15, 0.2) is 42.5 Å². The van der Waals surface area contributed by atoms with Crippen molar-refractivity contribution in [3.8, 4) is 17.2 Å². The highest BCUT2D eigenvalue weighted by Gasteiger charge is 2.17. The predicted octanol–water partition coefficient (Wildman–Crippen LogP) is 13.1. The second-order valence-electron chi connectivity index (χ2n) is 12.7. The van der Waals surface area contributed by atoms with Crippen LogP contribution in [0.3, 0.4) is 0 Å². The first-order valence-corrected chi connectivity index (χ1v) is 25.1. The highest BCUT2D eigenvalue weighted by atomic mass is 33.1. The van der Waals surface area contributed by atoms with Crippen molar-refractivity contribution in [3.63, 3.8) is 0 Å². The third-order valence-electron chi connectivity index (χ3n) is 8.75. The van der Waals surface area contributed by atoms with Crippen LogP contribution in [-0.4, -0.2) is 52.8 Å². The molecule has 3 aliphatic heterocycles. The molecule has 3 unspecified atom stereocenters. The Morgan fingerprint density at radius 3 is 1.32 bits per heavy atom. The number of unbranched alkanes of at least 4 members (excludes halogenated alkanes) is 6. The second-order valence-corrected chi connectivity index (χ2v) is 21.1. The highest BCUT2D eigenvalue weighted by molar-refractivity contribution is 8.78. The van der Waals surface area contributed by atoms with Gasteiger partial charge < -0.3 is 14.2 Å². The van der Waals surface area contributed by atoms with Crippen molar-refractivity contribution >= 4 is 76.9 Å². The highest BCUT2D eigenvalue weighted by Crippen LogP contribution is 2.41. The van der Waals surface area contributed by atoms with Crippen LogP contribution in [-0.2, 0) is 0 Å². The minimum absolute atomic E-state index is 0.761. The molecule has 47 heavy (non-hydrogen) atoms. The number of rotatable bonds is 23. The van der Waals surface area contributed by atoms with E-state index < -0.39 is 0 Å². The van der Waals surface area contributed by atoms with Crippen molar-refractivity contribution < 1.29 is 14.2 Å². The van der Waals surface area contributed by atoms with Gasteiger partial charge in [0.25, 0.3) is 0 Å². The van der Waals surface area contributed by atoms with Gasteiger partial charge in [0.15, 0.2) is 0 Å². The van der Waals surface area contributed by atoms with Crippen LogP contribution in [0.4, 0.5) is 0 Å². The standard InChI is InChI=1S/C38H54O3S6/c1(4-10-36-19-25-42-45-36)7-22-39-33-17-15-31(16-18-33)13-14-32-28-34(40-23-8-2-5-11-37-20-26-43-46-37)30-35(29-32)41-24-9-3-6-12-38-21-27-44-47-38/h13-18,28-30,36-38H,1-12,19-27H2/b14-13+. The molecular formula is C38H54O3S6. The number of ether oxygens (including phenoxy) is 3. The van der Waals surface area contributed by atoms with Gasteiger partial charge in [0.1, 0.15) is 17.2 Å². The Kier molecular flexibility index (Phi) is 18.7. The molecule has 0 aromatic heterocycles. The maximum absolute atomic E-state index is 6.27. The van der Waals surface area contributed by atoms with Crippen LogP contribution in [0.1, 0.15) is 107 Å². The summed E-state index contributed by atoms with van der Waals surface area (Å²) in [4.78, 5) is 0. The molecule has 2 aromatic carbocycles. The second kappa shape index (κ2) is 23.2. The van der Waals surface area contributed by atoms with E-state index in [-0.39, 0.29) is 0 Å². The van der Waals surface area contributed by atoms with E-state index >= 15 is 0 Å². The molecule has 0 N–H and O–H groups in total. The van der Waals surface area contributed by atoms with Gasteiger partial charge in [0.2, 0.25) is 0 Å². The molecule has 0 spiro atoms. The molecule has 0 bridgehead atoms. The van der Waals surface area contributed by atoms with E-state index in [1.165, 1.54) is 94.3 Å². The quantitative estimate of drug-likeness (QED) is 0.0625. The van der Waals surface area contributed by atoms with E-state index in [2.05, 4.69) is 87.0 Å². The summed E-state index contributed by atoms with van der Waals surface area (Å²) in [6.07, 6.45) is 23.6. The number of benzene rings is 2. The Morgan fingerprint density at radius 2 is 0.894 bits per heavy atom. The molecule has 3 aliphatic rings. The number of hydrogen-bond donors (Lipinski definition) is 0. The molecule has 9 heteroatoms. The van der Waals surface area contributed by atoms with Crippen LogP contribution >= 0.6 is 64.8 Å². The van der Waals surface area contributed by atoms with Crippen LogP contribution < -0.4 is 14.2 Å². The minimum atomic E-state index is 0.761. The van der Waals surface area contributed by atoms with Gasteiger partial charge in [-0.15, -0.1) is 0 Å². The summed E-state index contributed by atoms with van der Waals surface area (Å²) in [5.74, 6) is 6.75. The molecule has 260 valence electrons. The maximum atomic E-state index is 6.27. The zero-order valence-electron chi connectivity index (χ0n) is 28.0. The molecule has 0 radical (unpaired) electrons. The number of hydrogen-bond acceptors (Lipinski definition) is 9. The van der Waals surface area contributed by atoms with E-state index in [1.807, 2.05) is 32.4 Å². The average molecular weight is 751 g/mol. The Morgan fingerprint density at radius 1 is 0.468 bits per heavy atom. The van der Waals surface area contributed by atoms with Crippen LogP contribution in [0.25, 0.3) is 12.2 Å². The molecule has 3 heterocycles. The summed E-state index contributed by atoms with van der Waals surface area (Å²) in [5.41, 5.74) is 2.27. The predicted molar refractivity (Wildman–Crippen MR) is 219 cm³/mol. The smallest absolute Gasteiger partial charge is 0.123 e. The van der Waals surface area contributed by atoms with Crippen molar-refractivity contribution in [1.29, 1.82) is 0 Å². The van der Waals surface area contributed by atoms with Gasteiger partial charge in [0.05, 0.1) is 19.8 Å². The monoisotopic (exact) mass is 750 g/mol. The van der Waals surface area contributed by atoms with Gasteiger partial charge in [-0.3, -0.25) is 0 Å². The van der Waals surface area contributed by atoms with Crippen LogP contribution in [0.5, 0.6) is 17.2 Å². The van der Waals surface area contributed by atoms with Gasteiger partial charge in [-0.1, -0.05) is 128 Å². The van der Waals surface area contributed by atoms with Gasteiger partial charge >= 0.3 is 0 Å². The van der Waals surface area contributed by atoms with Gasteiger partial charge in [-0.2, -0.15) is 0 Å². The Labute approximate surface area is 309 Å². The average Bonchev–Trinajstić information content (AvgIpc) is 3.91. The largest absolute Gasteiger partial charge is 0.494 e. The third kappa shape index (κ3) is 15.6. The third-order valence-corrected chi connectivity index (χ3v) is 17.8. The Hall–Kier alpha value is -0.320. The minimum Gasteiger partial charge on any atom is -0.494 e. The van der Waals surface area contributed by atoms with Gasteiger partial charge in [-0.05, 0) is 93.2 Å². The first kappa shape index (κ1) is 37.9. The lowest BCUT2D eigenvalue weighted by Gasteiger charge is -2.12. The molecule has 0 aliphatic carbocycles. The van der Waals surface area contributed by atoms with Crippen molar-refractivity contribution in [2.75, 3.05) is 37.1 Å². The van der Waals surface area contributed by atoms with Gasteiger partial charge in [0, 0.05) is 39.1 Å². The lowest BCUT2D eigenvalue weighted by Crippen LogP contribution is -2.02.